The maximum Gasteiger partial charge on any atom is 0.266 e. The number of rotatable bonds is 5. The Morgan fingerprint density at radius 3 is 2.48 bits per heavy atom. The Morgan fingerprint density at radius 1 is 1.00 bits per heavy atom. The summed E-state index contributed by atoms with van der Waals surface area (Å²) in [5.74, 6) is 0.0737. The molecule has 4 aromatic rings. The summed E-state index contributed by atoms with van der Waals surface area (Å²) in [6.07, 6.45) is 1.49. The van der Waals surface area contributed by atoms with Crippen LogP contribution in [0.1, 0.15) is 17.0 Å². The van der Waals surface area contributed by atoms with E-state index in [1.807, 2.05) is 31.2 Å². The third-order valence-corrected chi connectivity index (χ3v) is 6.43. The van der Waals surface area contributed by atoms with Crippen molar-refractivity contribution < 1.29 is 12.8 Å². The number of nitrogens with zero attached hydrogens (tertiary/aromatic N) is 4. The highest BCUT2D eigenvalue weighted by atomic mass is 32.2. The number of benzene rings is 2. The minimum Gasteiger partial charge on any atom is -0.285 e. The van der Waals surface area contributed by atoms with Gasteiger partial charge in [0.25, 0.3) is 10.0 Å². The maximum absolute atomic E-state index is 13.9. The van der Waals surface area contributed by atoms with Gasteiger partial charge in [-0.05, 0) is 49.7 Å². The first-order valence-corrected chi connectivity index (χ1v) is 10.4. The lowest BCUT2D eigenvalue weighted by molar-refractivity contribution is 0.589. The highest BCUT2D eigenvalue weighted by Crippen LogP contribution is 2.27. The highest BCUT2D eigenvalue weighted by Gasteiger charge is 2.26. The highest BCUT2D eigenvalue weighted by molar-refractivity contribution is 7.92. The van der Waals surface area contributed by atoms with E-state index < -0.39 is 15.8 Å². The largest absolute Gasteiger partial charge is 0.285 e. The molecule has 0 bridgehead atoms. The third kappa shape index (κ3) is 3.71. The summed E-state index contributed by atoms with van der Waals surface area (Å²) in [6.45, 7) is 3.78. The molecule has 0 aliphatic rings. The summed E-state index contributed by atoms with van der Waals surface area (Å²) in [4.78, 5) is 0.0734. The second-order valence-electron chi connectivity index (χ2n) is 6.82. The molecule has 0 unspecified atom stereocenters. The molecule has 4 rings (SSSR count). The van der Waals surface area contributed by atoms with Gasteiger partial charge in [-0.2, -0.15) is 0 Å². The molecule has 0 fully saturated rings. The molecule has 2 aromatic heterocycles. The van der Waals surface area contributed by atoms with Crippen molar-refractivity contribution >= 4 is 21.4 Å². The molecule has 2 heterocycles. The molecule has 2 aromatic carbocycles. The Balaban J connectivity index is 1.83. The van der Waals surface area contributed by atoms with Crippen LogP contribution in [0.5, 0.6) is 0 Å². The molecule has 0 radical (unpaired) electrons. The summed E-state index contributed by atoms with van der Waals surface area (Å²) < 4.78 is 43.8. The predicted molar refractivity (Wildman–Crippen MR) is 109 cm³/mol. The number of hydrogen-bond donors (Lipinski definition) is 0. The first kappa shape index (κ1) is 19.1. The van der Waals surface area contributed by atoms with Gasteiger partial charge in [-0.15, -0.1) is 10.2 Å². The van der Waals surface area contributed by atoms with Gasteiger partial charge in [0.15, 0.2) is 5.65 Å². The average molecular weight is 410 g/mol. The quantitative estimate of drug-likeness (QED) is 0.501. The fourth-order valence-electron chi connectivity index (χ4n) is 3.07. The van der Waals surface area contributed by atoms with E-state index in [0.29, 0.717) is 11.5 Å². The van der Waals surface area contributed by atoms with E-state index in [2.05, 4.69) is 10.2 Å². The van der Waals surface area contributed by atoms with Crippen molar-refractivity contribution in [1.29, 1.82) is 0 Å². The summed E-state index contributed by atoms with van der Waals surface area (Å²) >= 11 is 0. The van der Waals surface area contributed by atoms with Gasteiger partial charge >= 0.3 is 0 Å². The summed E-state index contributed by atoms with van der Waals surface area (Å²) in [6, 6.07) is 16.2. The average Bonchev–Trinajstić information content (AvgIpc) is 3.08. The van der Waals surface area contributed by atoms with Gasteiger partial charge in [0, 0.05) is 6.20 Å². The minimum absolute atomic E-state index is 0.0734. The maximum atomic E-state index is 13.9. The zero-order chi connectivity index (χ0) is 20.6. The lowest BCUT2D eigenvalue weighted by Crippen LogP contribution is -2.31. The van der Waals surface area contributed by atoms with Crippen LogP contribution in [-0.2, 0) is 16.6 Å². The second-order valence-corrected chi connectivity index (χ2v) is 8.68. The van der Waals surface area contributed by atoms with Gasteiger partial charge in [0.2, 0.25) is 0 Å². The first-order valence-electron chi connectivity index (χ1n) is 9.00. The van der Waals surface area contributed by atoms with Gasteiger partial charge < -0.3 is 0 Å². The molecular formula is C21H19FN4O2S. The van der Waals surface area contributed by atoms with Crippen LogP contribution in [0.2, 0.25) is 0 Å². The number of fused-ring (bicyclic) bond motifs is 1. The predicted octanol–water partition coefficient (Wildman–Crippen LogP) is 3.88. The van der Waals surface area contributed by atoms with Crippen molar-refractivity contribution in [2.24, 2.45) is 0 Å². The van der Waals surface area contributed by atoms with E-state index in [0.717, 1.165) is 11.1 Å². The molecule has 0 saturated carbocycles. The molecule has 8 heteroatoms. The first-order chi connectivity index (χ1) is 13.8. The zero-order valence-corrected chi connectivity index (χ0v) is 16.8. The van der Waals surface area contributed by atoms with Crippen molar-refractivity contribution in [2.75, 3.05) is 4.31 Å². The van der Waals surface area contributed by atoms with Crippen LogP contribution < -0.4 is 4.31 Å². The fraction of sp³-hybridized carbons (Fsp3) is 0.143. The fourth-order valence-corrected chi connectivity index (χ4v) is 4.51. The molecule has 0 atom stereocenters. The third-order valence-electron chi connectivity index (χ3n) is 4.68. The molecule has 0 aliphatic heterocycles. The number of pyridine rings is 1. The lowest BCUT2D eigenvalue weighted by atomic mass is 10.1. The number of hydrogen-bond acceptors (Lipinski definition) is 4. The molecule has 0 aliphatic carbocycles. The Bertz CT molecular complexity index is 1280. The van der Waals surface area contributed by atoms with Gasteiger partial charge in [-0.25, -0.2) is 12.8 Å². The minimum atomic E-state index is -3.98. The van der Waals surface area contributed by atoms with E-state index in [1.54, 1.807) is 23.5 Å². The molecule has 148 valence electrons. The summed E-state index contributed by atoms with van der Waals surface area (Å²) in [5.41, 5.74) is 2.68. The van der Waals surface area contributed by atoms with Crippen LogP contribution in [0.3, 0.4) is 0 Å². The van der Waals surface area contributed by atoms with Gasteiger partial charge in [0.1, 0.15) is 16.5 Å². The molecule has 29 heavy (non-hydrogen) atoms. The molecule has 0 amide bonds. The van der Waals surface area contributed by atoms with Crippen LogP contribution in [-0.4, -0.2) is 23.0 Å². The molecule has 0 N–H and O–H groups in total. The van der Waals surface area contributed by atoms with Crippen molar-refractivity contribution in [2.45, 2.75) is 25.3 Å². The Morgan fingerprint density at radius 2 is 1.76 bits per heavy atom. The number of halogens is 1. The topological polar surface area (TPSA) is 67.6 Å². The summed E-state index contributed by atoms with van der Waals surface area (Å²) in [5, 5.41) is 7.95. The second kappa shape index (κ2) is 7.29. The van der Waals surface area contributed by atoms with Gasteiger partial charge in [-0.1, -0.05) is 35.9 Å². The Hall–Kier alpha value is -3.26. The van der Waals surface area contributed by atoms with Crippen molar-refractivity contribution in [3.8, 4) is 0 Å². The molecule has 0 saturated heterocycles. The van der Waals surface area contributed by atoms with Crippen LogP contribution in [0.4, 0.5) is 10.1 Å². The molecule has 6 nitrogen and oxygen atoms in total. The number of sulfonamides is 1. The zero-order valence-electron chi connectivity index (χ0n) is 15.9. The molecule has 0 spiro atoms. The van der Waals surface area contributed by atoms with E-state index in [-0.39, 0.29) is 17.1 Å². The monoisotopic (exact) mass is 410 g/mol. The van der Waals surface area contributed by atoms with Crippen molar-refractivity contribution in [3.05, 3.63) is 89.6 Å². The van der Waals surface area contributed by atoms with E-state index in [1.165, 1.54) is 34.8 Å². The van der Waals surface area contributed by atoms with Crippen LogP contribution in [0.15, 0.2) is 71.8 Å². The standard InChI is InChI=1S/C21H19FN4O2S/c1-15-6-8-17(9-7-15)13-26(19-5-3-4-18(22)12-19)29(27,28)20-10-11-21-24-23-16(2)25(21)14-20/h3-12,14H,13H2,1-2H3. The van der Waals surface area contributed by atoms with Crippen molar-refractivity contribution in [1.82, 2.24) is 14.6 Å². The van der Waals surface area contributed by atoms with Crippen LogP contribution in [0, 0.1) is 19.7 Å². The smallest absolute Gasteiger partial charge is 0.266 e. The van der Waals surface area contributed by atoms with Crippen LogP contribution in [0.25, 0.3) is 5.65 Å². The van der Waals surface area contributed by atoms with E-state index in [9.17, 15) is 12.8 Å². The van der Waals surface area contributed by atoms with Crippen LogP contribution >= 0.6 is 0 Å². The van der Waals surface area contributed by atoms with E-state index in [4.69, 9.17) is 0 Å². The summed E-state index contributed by atoms with van der Waals surface area (Å²) in [7, 11) is -3.98. The lowest BCUT2D eigenvalue weighted by Gasteiger charge is -2.25. The Labute approximate surface area is 168 Å². The SMILES string of the molecule is Cc1ccc(CN(c2cccc(F)c2)S(=O)(=O)c2ccc3nnc(C)n3c2)cc1. The van der Waals surface area contributed by atoms with Gasteiger partial charge in [0.05, 0.1) is 12.2 Å². The molecular weight excluding hydrogens is 391 g/mol. The number of aryl methyl sites for hydroxylation is 2. The van der Waals surface area contributed by atoms with E-state index >= 15 is 0 Å². The van der Waals surface area contributed by atoms with Gasteiger partial charge in [-0.3, -0.25) is 8.71 Å². The Kier molecular flexibility index (Phi) is 4.79. The normalized spacial score (nSPS) is 11.7. The number of anilines is 1. The number of aromatic nitrogens is 3. The van der Waals surface area contributed by atoms with Crippen molar-refractivity contribution in [3.63, 3.8) is 0 Å².